The van der Waals surface area contributed by atoms with Crippen molar-refractivity contribution < 1.29 is 23.9 Å². The number of carbonyl (C=O) groups is 3. The lowest BCUT2D eigenvalue weighted by molar-refractivity contribution is -0.127. The quantitative estimate of drug-likeness (QED) is 0.623. The van der Waals surface area contributed by atoms with Gasteiger partial charge in [-0.05, 0) is 68.8 Å². The average molecular weight is 410 g/mol. The van der Waals surface area contributed by atoms with Gasteiger partial charge in [-0.25, -0.2) is 4.79 Å². The van der Waals surface area contributed by atoms with Crippen molar-refractivity contribution in [2.75, 3.05) is 31.3 Å². The third kappa shape index (κ3) is 4.97. The standard InChI is InChI=1S/C23H26N2O5/c1-3-29-20-13-9-17(10-14-20)22(27)25(16-24-15-5-6-21(24)26)19-11-7-18(8-12-19)23(28)30-4-2/h7-14H,3-6,15-16H2,1-2H3. The number of nitrogens with zero attached hydrogens (tertiary/aromatic N) is 2. The van der Waals surface area contributed by atoms with Gasteiger partial charge < -0.3 is 14.4 Å². The Hall–Kier alpha value is -3.35. The molecular weight excluding hydrogens is 384 g/mol. The summed E-state index contributed by atoms with van der Waals surface area (Å²) in [6.45, 7) is 5.25. The molecule has 1 saturated heterocycles. The van der Waals surface area contributed by atoms with E-state index in [-0.39, 0.29) is 18.5 Å². The van der Waals surface area contributed by atoms with E-state index >= 15 is 0 Å². The molecule has 0 saturated carbocycles. The van der Waals surface area contributed by atoms with Crippen molar-refractivity contribution >= 4 is 23.5 Å². The van der Waals surface area contributed by atoms with Crippen molar-refractivity contribution in [3.05, 3.63) is 59.7 Å². The van der Waals surface area contributed by atoms with Gasteiger partial charge in [-0.3, -0.25) is 14.5 Å². The molecule has 1 heterocycles. The second-order valence-electron chi connectivity index (χ2n) is 6.86. The number of carbonyl (C=O) groups excluding carboxylic acids is 3. The molecule has 0 radical (unpaired) electrons. The fourth-order valence-electron chi connectivity index (χ4n) is 3.30. The molecule has 0 bridgehead atoms. The first kappa shape index (κ1) is 21.4. The first-order chi connectivity index (χ1) is 14.5. The van der Waals surface area contributed by atoms with Gasteiger partial charge in [0.15, 0.2) is 0 Å². The van der Waals surface area contributed by atoms with Gasteiger partial charge in [0.1, 0.15) is 12.4 Å². The molecule has 2 amide bonds. The minimum Gasteiger partial charge on any atom is -0.494 e. The lowest BCUT2D eigenvalue weighted by Crippen LogP contribution is -2.42. The van der Waals surface area contributed by atoms with Crippen molar-refractivity contribution in [3.8, 4) is 5.75 Å². The Bertz CT molecular complexity index is 893. The molecule has 0 N–H and O–H groups in total. The van der Waals surface area contributed by atoms with E-state index in [0.717, 1.165) is 6.42 Å². The number of likely N-dealkylation sites (tertiary alicyclic amines) is 1. The van der Waals surface area contributed by atoms with E-state index in [1.807, 2.05) is 6.92 Å². The topological polar surface area (TPSA) is 76.2 Å². The van der Waals surface area contributed by atoms with Gasteiger partial charge in [-0.2, -0.15) is 0 Å². The van der Waals surface area contributed by atoms with Gasteiger partial charge in [0.2, 0.25) is 5.91 Å². The highest BCUT2D eigenvalue weighted by Crippen LogP contribution is 2.22. The summed E-state index contributed by atoms with van der Waals surface area (Å²) in [5, 5.41) is 0. The lowest BCUT2D eigenvalue weighted by Gasteiger charge is -2.28. The molecule has 3 rings (SSSR count). The molecule has 2 aromatic carbocycles. The summed E-state index contributed by atoms with van der Waals surface area (Å²) in [7, 11) is 0. The van der Waals surface area contributed by atoms with E-state index in [1.54, 1.807) is 65.3 Å². The maximum absolute atomic E-state index is 13.3. The van der Waals surface area contributed by atoms with Crippen LogP contribution in [0.2, 0.25) is 0 Å². The van der Waals surface area contributed by atoms with Crippen LogP contribution in [0.4, 0.5) is 5.69 Å². The summed E-state index contributed by atoms with van der Waals surface area (Å²) >= 11 is 0. The Morgan fingerprint density at radius 1 is 0.967 bits per heavy atom. The van der Waals surface area contributed by atoms with Crippen LogP contribution in [0.3, 0.4) is 0 Å². The van der Waals surface area contributed by atoms with E-state index in [0.29, 0.717) is 48.7 Å². The van der Waals surface area contributed by atoms with Crippen molar-refractivity contribution in [1.29, 1.82) is 0 Å². The average Bonchev–Trinajstić information content (AvgIpc) is 3.17. The molecular formula is C23H26N2O5. The highest BCUT2D eigenvalue weighted by molar-refractivity contribution is 6.06. The molecule has 0 aliphatic carbocycles. The second kappa shape index (κ2) is 9.91. The summed E-state index contributed by atoms with van der Waals surface area (Å²) in [5.74, 6) is 0.0709. The highest BCUT2D eigenvalue weighted by Gasteiger charge is 2.26. The first-order valence-corrected chi connectivity index (χ1v) is 10.1. The van der Waals surface area contributed by atoms with Crippen molar-refractivity contribution in [2.45, 2.75) is 26.7 Å². The zero-order chi connectivity index (χ0) is 21.5. The summed E-state index contributed by atoms with van der Waals surface area (Å²) < 4.78 is 10.5. The smallest absolute Gasteiger partial charge is 0.338 e. The Morgan fingerprint density at radius 2 is 1.63 bits per heavy atom. The second-order valence-corrected chi connectivity index (χ2v) is 6.86. The van der Waals surface area contributed by atoms with Gasteiger partial charge in [0.05, 0.1) is 18.8 Å². The normalized spacial score (nSPS) is 13.3. The zero-order valence-electron chi connectivity index (χ0n) is 17.3. The van der Waals surface area contributed by atoms with Gasteiger partial charge in [0, 0.05) is 24.2 Å². The molecule has 0 spiro atoms. The fraction of sp³-hybridized carbons (Fsp3) is 0.348. The van der Waals surface area contributed by atoms with Crippen LogP contribution in [0.25, 0.3) is 0 Å². The van der Waals surface area contributed by atoms with E-state index in [4.69, 9.17) is 9.47 Å². The molecule has 1 aliphatic rings. The van der Waals surface area contributed by atoms with E-state index in [2.05, 4.69) is 0 Å². The SMILES string of the molecule is CCOC(=O)c1ccc(N(CN2CCCC2=O)C(=O)c2ccc(OCC)cc2)cc1. The van der Waals surface area contributed by atoms with Gasteiger partial charge in [0.25, 0.3) is 5.91 Å². The molecule has 7 heteroatoms. The molecule has 2 aromatic rings. The fourth-order valence-corrected chi connectivity index (χ4v) is 3.30. The third-order valence-corrected chi connectivity index (χ3v) is 4.83. The Kier molecular flexibility index (Phi) is 7.06. The summed E-state index contributed by atoms with van der Waals surface area (Å²) in [6.07, 6.45) is 1.28. The molecule has 0 unspecified atom stereocenters. The summed E-state index contributed by atoms with van der Waals surface area (Å²) in [4.78, 5) is 40.6. The third-order valence-electron chi connectivity index (χ3n) is 4.83. The number of hydrogen-bond acceptors (Lipinski definition) is 5. The molecule has 7 nitrogen and oxygen atoms in total. The van der Waals surface area contributed by atoms with E-state index < -0.39 is 5.97 Å². The highest BCUT2D eigenvalue weighted by atomic mass is 16.5. The number of hydrogen-bond donors (Lipinski definition) is 0. The van der Waals surface area contributed by atoms with Crippen LogP contribution in [0, 0.1) is 0 Å². The van der Waals surface area contributed by atoms with Gasteiger partial charge in [-0.1, -0.05) is 0 Å². The molecule has 1 aliphatic heterocycles. The van der Waals surface area contributed by atoms with Crippen molar-refractivity contribution in [1.82, 2.24) is 4.90 Å². The maximum Gasteiger partial charge on any atom is 0.338 e. The van der Waals surface area contributed by atoms with E-state index in [9.17, 15) is 14.4 Å². The van der Waals surface area contributed by atoms with Gasteiger partial charge in [-0.15, -0.1) is 0 Å². The number of anilines is 1. The zero-order valence-corrected chi connectivity index (χ0v) is 17.3. The lowest BCUT2D eigenvalue weighted by atomic mass is 10.1. The summed E-state index contributed by atoms with van der Waals surface area (Å²) in [5.41, 5.74) is 1.49. The Balaban J connectivity index is 1.86. The number of amides is 2. The summed E-state index contributed by atoms with van der Waals surface area (Å²) in [6, 6.07) is 13.5. The number of ether oxygens (including phenoxy) is 2. The monoisotopic (exact) mass is 410 g/mol. The molecule has 30 heavy (non-hydrogen) atoms. The minimum absolute atomic E-state index is 0.0302. The number of rotatable bonds is 8. The largest absolute Gasteiger partial charge is 0.494 e. The Labute approximate surface area is 176 Å². The Morgan fingerprint density at radius 3 is 2.20 bits per heavy atom. The predicted octanol–water partition coefficient (Wildman–Crippen LogP) is 3.49. The van der Waals surface area contributed by atoms with Crippen LogP contribution in [0.1, 0.15) is 47.4 Å². The van der Waals surface area contributed by atoms with Crippen LogP contribution < -0.4 is 9.64 Å². The van der Waals surface area contributed by atoms with Crippen LogP contribution in [-0.4, -0.2) is 49.1 Å². The molecule has 0 aromatic heterocycles. The number of esters is 1. The van der Waals surface area contributed by atoms with Crippen molar-refractivity contribution in [2.24, 2.45) is 0 Å². The van der Waals surface area contributed by atoms with Gasteiger partial charge >= 0.3 is 5.97 Å². The molecule has 1 fully saturated rings. The van der Waals surface area contributed by atoms with Crippen molar-refractivity contribution in [3.63, 3.8) is 0 Å². The van der Waals surface area contributed by atoms with Crippen LogP contribution in [0.5, 0.6) is 5.75 Å². The minimum atomic E-state index is -0.414. The maximum atomic E-state index is 13.3. The predicted molar refractivity (Wildman–Crippen MR) is 113 cm³/mol. The van der Waals surface area contributed by atoms with Crippen LogP contribution in [-0.2, 0) is 9.53 Å². The number of benzene rings is 2. The first-order valence-electron chi connectivity index (χ1n) is 10.1. The van der Waals surface area contributed by atoms with Crippen LogP contribution >= 0.6 is 0 Å². The molecule has 158 valence electrons. The van der Waals surface area contributed by atoms with Crippen LogP contribution in [0.15, 0.2) is 48.5 Å². The van der Waals surface area contributed by atoms with E-state index in [1.165, 1.54) is 0 Å². The molecule has 0 atom stereocenters.